The third-order valence-corrected chi connectivity index (χ3v) is 4.30. The molecule has 1 aromatic carbocycles. The largest absolute Gasteiger partial charge is 0.416 e. The van der Waals surface area contributed by atoms with Gasteiger partial charge in [0.25, 0.3) is 0 Å². The van der Waals surface area contributed by atoms with Crippen LogP contribution in [0.15, 0.2) is 45.5 Å². The van der Waals surface area contributed by atoms with Gasteiger partial charge in [0.15, 0.2) is 0 Å². The zero-order valence-electron chi connectivity index (χ0n) is 8.80. The van der Waals surface area contributed by atoms with Gasteiger partial charge in [0.2, 0.25) is 0 Å². The minimum Gasteiger partial charge on any atom is -0.255 e. The molecule has 0 fully saturated rings. The molecule has 94 valence electrons. The Bertz CT molecular complexity index is 582. The van der Waals surface area contributed by atoms with E-state index in [-0.39, 0.29) is 0 Å². The number of pyridine rings is 1. The molecule has 0 bridgehead atoms. The number of benzene rings is 1. The van der Waals surface area contributed by atoms with Crippen LogP contribution in [0.2, 0.25) is 0 Å². The predicted molar refractivity (Wildman–Crippen MR) is 70.1 cm³/mol. The summed E-state index contributed by atoms with van der Waals surface area (Å²) in [6.45, 7) is 0. The molecule has 0 amide bonds. The Morgan fingerprint density at radius 2 is 1.78 bits per heavy atom. The fraction of sp³-hybridized carbons (Fsp3) is 0.0833. The standard InChI is InChI=1S/C12H6Br2F3N/c13-9-4-5-18-11(10(9)14)7-2-1-3-8(6-7)12(15,16)17/h1-6H. The Hall–Kier alpha value is -0.880. The molecule has 0 N–H and O–H groups in total. The molecule has 0 aliphatic rings. The number of alkyl halides is 3. The third-order valence-electron chi connectivity index (χ3n) is 2.31. The molecule has 18 heavy (non-hydrogen) atoms. The number of hydrogen-bond acceptors (Lipinski definition) is 1. The van der Waals surface area contributed by atoms with Gasteiger partial charge in [0, 0.05) is 16.2 Å². The van der Waals surface area contributed by atoms with Crippen molar-refractivity contribution in [2.24, 2.45) is 0 Å². The van der Waals surface area contributed by atoms with Crippen molar-refractivity contribution in [1.29, 1.82) is 0 Å². The molecular weight excluding hydrogens is 375 g/mol. The van der Waals surface area contributed by atoms with Gasteiger partial charge < -0.3 is 0 Å². The van der Waals surface area contributed by atoms with E-state index < -0.39 is 11.7 Å². The van der Waals surface area contributed by atoms with Crippen molar-refractivity contribution < 1.29 is 13.2 Å². The summed E-state index contributed by atoms with van der Waals surface area (Å²) in [5.41, 5.74) is 0.196. The zero-order chi connectivity index (χ0) is 13.3. The molecule has 2 rings (SSSR count). The van der Waals surface area contributed by atoms with E-state index in [9.17, 15) is 13.2 Å². The van der Waals surface area contributed by atoms with Crippen LogP contribution in [0, 0.1) is 0 Å². The van der Waals surface area contributed by atoms with Gasteiger partial charge in [-0.05, 0) is 50.1 Å². The molecule has 0 aliphatic carbocycles. The molecule has 1 heterocycles. The highest BCUT2D eigenvalue weighted by molar-refractivity contribution is 9.13. The number of aromatic nitrogens is 1. The first-order chi connectivity index (χ1) is 8.39. The Morgan fingerprint density at radius 1 is 1.06 bits per heavy atom. The second-order valence-corrected chi connectivity index (χ2v) is 5.18. The average molecular weight is 381 g/mol. The van der Waals surface area contributed by atoms with Crippen LogP contribution in [0.5, 0.6) is 0 Å². The lowest BCUT2D eigenvalue weighted by molar-refractivity contribution is -0.137. The molecule has 1 aromatic heterocycles. The second kappa shape index (κ2) is 5.01. The van der Waals surface area contributed by atoms with Crippen molar-refractivity contribution in [2.45, 2.75) is 6.18 Å². The Kier molecular flexibility index (Phi) is 3.77. The maximum absolute atomic E-state index is 12.6. The van der Waals surface area contributed by atoms with Gasteiger partial charge in [-0.25, -0.2) is 0 Å². The van der Waals surface area contributed by atoms with Gasteiger partial charge >= 0.3 is 6.18 Å². The highest BCUT2D eigenvalue weighted by Crippen LogP contribution is 2.35. The molecule has 0 aliphatic heterocycles. The van der Waals surface area contributed by atoms with E-state index in [1.807, 2.05) is 0 Å². The first kappa shape index (κ1) is 13.5. The number of halogens is 5. The van der Waals surface area contributed by atoms with Crippen LogP contribution in [0.4, 0.5) is 13.2 Å². The summed E-state index contributed by atoms with van der Waals surface area (Å²) in [4.78, 5) is 4.09. The normalized spacial score (nSPS) is 11.6. The molecule has 2 aromatic rings. The Labute approximate surface area is 118 Å². The minimum atomic E-state index is -4.35. The molecule has 1 nitrogen and oxygen atoms in total. The summed E-state index contributed by atoms with van der Waals surface area (Å²) in [5.74, 6) is 0. The quantitative estimate of drug-likeness (QED) is 0.654. The van der Waals surface area contributed by atoms with E-state index >= 15 is 0 Å². The predicted octanol–water partition coefficient (Wildman–Crippen LogP) is 5.29. The van der Waals surface area contributed by atoms with E-state index in [0.717, 1.165) is 16.6 Å². The van der Waals surface area contributed by atoms with Crippen LogP contribution in [0.3, 0.4) is 0 Å². The van der Waals surface area contributed by atoms with Gasteiger partial charge in [-0.2, -0.15) is 13.2 Å². The fourth-order valence-electron chi connectivity index (χ4n) is 1.46. The first-order valence-electron chi connectivity index (χ1n) is 4.87. The van der Waals surface area contributed by atoms with Gasteiger partial charge in [-0.15, -0.1) is 0 Å². The summed E-state index contributed by atoms with van der Waals surface area (Å²) in [7, 11) is 0. The minimum absolute atomic E-state index is 0.415. The van der Waals surface area contributed by atoms with E-state index in [0.29, 0.717) is 15.7 Å². The van der Waals surface area contributed by atoms with Crippen LogP contribution in [-0.4, -0.2) is 4.98 Å². The summed E-state index contributed by atoms with van der Waals surface area (Å²) >= 11 is 6.59. The van der Waals surface area contributed by atoms with Crippen LogP contribution >= 0.6 is 31.9 Å². The van der Waals surface area contributed by atoms with Crippen LogP contribution in [0.1, 0.15) is 5.56 Å². The maximum atomic E-state index is 12.6. The molecule has 0 atom stereocenters. The first-order valence-corrected chi connectivity index (χ1v) is 6.46. The fourth-order valence-corrected chi connectivity index (χ4v) is 2.23. The van der Waals surface area contributed by atoms with Crippen molar-refractivity contribution in [3.05, 3.63) is 51.0 Å². The van der Waals surface area contributed by atoms with Crippen molar-refractivity contribution in [3.8, 4) is 11.3 Å². The van der Waals surface area contributed by atoms with Gasteiger partial charge in [-0.3, -0.25) is 4.98 Å². The van der Waals surface area contributed by atoms with E-state index in [2.05, 4.69) is 36.8 Å². The molecule has 0 saturated carbocycles. The van der Waals surface area contributed by atoms with Crippen molar-refractivity contribution in [3.63, 3.8) is 0 Å². The average Bonchev–Trinajstić information content (AvgIpc) is 2.32. The molecule has 0 spiro atoms. The lowest BCUT2D eigenvalue weighted by Gasteiger charge is -2.09. The summed E-state index contributed by atoms with van der Waals surface area (Å²) in [6.07, 6.45) is -2.82. The molecule has 0 radical (unpaired) electrons. The van der Waals surface area contributed by atoms with Crippen LogP contribution in [0.25, 0.3) is 11.3 Å². The van der Waals surface area contributed by atoms with Crippen molar-refractivity contribution in [2.75, 3.05) is 0 Å². The maximum Gasteiger partial charge on any atom is 0.416 e. The van der Waals surface area contributed by atoms with E-state index in [1.54, 1.807) is 12.1 Å². The number of rotatable bonds is 1. The van der Waals surface area contributed by atoms with Gasteiger partial charge in [0.1, 0.15) is 0 Å². The van der Waals surface area contributed by atoms with E-state index in [4.69, 9.17) is 0 Å². The van der Waals surface area contributed by atoms with Crippen molar-refractivity contribution >= 4 is 31.9 Å². The molecule has 0 unspecified atom stereocenters. The SMILES string of the molecule is FC(F)(F)c1cccc(-c2nccc(Br)c2Br)c1. The van der Waals surface area contributed by atoms with Gasteiger partial charge in [-0.1, -0.05) is 12.1 Å². The summed E-state index contributed by atoms with van der Waals surface area (Å²) in [6, 6.07) is 6.79. The second-order valence-electron chi connectivity index (χ2n) is 3.53. The lowest BCUT2D eigenvalue weighted by atomic mass is 10.1. The molecule has 0 saturated heterocycles. The van der Waals surface area contributed by atoms with Crippen LogP contribution in [-0.2, 0) is 6.18 Å². The number of nitrogens with zero attached hydrogens (tertiary/aromatic N) is 1. The summed E-state index contributed by atoms with van der Waals surface area (Å²) in [5, 5.41) is 0. The molecular formula is C12H6Br2F3N. The van der Waals surface area contributed by atoms with E-state index in [1.165, 1.54) is 12.3 Å². The van der Waals surface area contributed by atoms with Crippen molar-refractivity contribution in [1.82, 2.24) is 4.98 Å². The topological polar surface area (TPSA) is 12.9 Å². The smallest absolute Gasteiger partial charge is 0.255 e. The highest BCUT2D eigenvalue weighted by atomic mass is 79.9. The lowest BCUT2D eigenvalue weighted by Crippen LogP contribution is -2.04. The number of hydrogen-bond donors (Lipinski definition) is 0. The third kappa shape index (κ3) is 2.75. The Morgan fingerprint density at radius 3 is 2.44 bits per heavy atom. The highest BCUT2D eigenvalue weighted by Gasteiger charge is 2.30. The monoisotopic (exact) mass is 379 g/mol. The zero-order valence-corrected chi connectivity index (χ0v) is 12.0. The van der Waals surface area contributed by atoms with Crippen LogP contribution < -0.4 is 0 Å². The Balaban J connectivity index is 2.55. The molecule has 6 heteroatoms. The summed E-state index contributed by atoms with van der Waals surface area (Å²) < 4.78 is 39.2. The van der Waals surface area contributed by atoms with Gasteiger partial charge in [0.05, 0.1) is 15.7 Å².